The lowest BCUT2D eigenvalue weighted by Crippen LogP contribution is -2.45. The Hall–Kier alpha value is -1.88. The van der Waals surface area contributed by atoms with Crippen LogP contribution < -0.4 is 10.6 Å². The van der Waals surface area contributed by atoms with E-state index in [2.05, 4.69) is 22.8 Å². The minimum Gasteiger partial charge on any atom is -0.366 e. The molecule has 0 spiro atoms. The largest absolute Gasteiger partial charge is 0.366 e. The van der Waals surface area contributed by atoms with E-state index in [4.69, 9.17) is 4.74 Å². The summed E-state index contributed by atoms with van der Waals surface area (Å²) in [6, 6.07) is 18.1. The lowest BCUT2D eigenvalue weighted by atomic mass is 10.0. The number of morpholine rings is 1. The van der Waals surface area contributed by atoms with Crippen LogP contribution in [0.4, 0.5) is 5.69 Å². The zero-order valence-electron chi connectivity index (χ0n) is 12.8. The monoisotopic (exact) mass is 332 g/mol. The Balaban J connectivity index is 0.00000192. The van der Waals surface area contributed by atoms with Crippen LogP contribution in [0.25, 0.3) is 0 Å². The molecule has 0 radical (unpaired) electrons. The van der Waals surface area contributed by atoms with Gasteiger partial charge in [0, 0.05) is 18.8 Å². The van der Waals surface area contributed by atoms with E-state index in [-0.39, 0.29) is 18.3 Å². The summed E-state index contributed by atoms with van der Waals surface area (Å²) in [5, 5.41) is 6.17. The highest BCUT2D eigenvalue weighted by molar-refractivity contribution is 5.95. The van der Waals surface area contributed by atoms with E-state index in [0.29, 0.717) is 13.2 Å². The highest BCUT2D eigenvalue weighted by Crippen LogP contribution is 2.19. The van der Waals surface area contributed by atoms with Crippen LogP contribution in [0.1, 0.15) is 11.1 Å². The number of carbonyl (C=O) groups excluding carboxylic acids is 1. The summed E-state index contributed by atoms with van der Waals surface area (Å²) in [7, 11) is 0. The molecule has 1 aliphatic rings. The SMILES string of the molecule is Cl.O=C(Nc1ccccc1Cc1ccccc1)C1CNCCO1. The molecule has 3 rings (SSSR count). The van der Waals surface area contributed by atoms with Crippen molar-refractivity contribution in [2.75, 3.05) is 25.0 Å². The molecule has 0 saturated carbocycles. The summed E-state index contributed by atoms with van der Waals surface area (Å²) in [5.74, 6) is -0.0901. The average Bonchev–Trinajstić information content (AvgIpc) is 2.58. The molecule has 0 bridgehead atoms. The van der Waals surface area contributed by atoms with Crippen molar-refractivity contribution in [3.05, 3.63) is 65.7 Å². The summed E-state index contributed by atoms with van der Waals surface area (Å²) >= 11 is 0. The Labute approximate surface area is 142 Å². The van der Waals surface area contributed by atoms with Crippen LogP contribution in [0, 0.1) is 0 Å². The Bertz CT molecular complexity index is 628. The van der Waals surface area contributed by atoms with Crippen molar-refractivity contribution >= 4 is 24.0 Å². The maximum atomic E-state index is 12.3. The van der Waals surface area contributed by atoms with Gasteiger partial charge in [-0.15, -0.1) is 12.4 Å². The zero-order chi connectivity index (χ0) is 15.2. The number of halogens is 1. The molecule has 0 aromatic heterocycles. The molecule has 0 aliphatic carbocycles. The van der Waals surface area contributed by atoms with Crippen molar-refractivity contribution in [3.63, 3.8) is 0 Å². The van der Waals surface area contributed by atoms with E-state index in [9.17, 15) is 4.79 Å². The van der Waals surface area contributed by atoms with Crippen molar-refractivity contribution in [1.82, 2.24) is 5.32 Å². The lowest BCUT2D eigenvalue weighted by Gasteiger charge is -2.23. The summed E-state index contributed by atoms with van der Waals surface area (Å²) in [6.07, 6.45) is 0.375. The van der Waals surface area contributed by atoms with Crippen LogP contribution in [0.2, 0.25) is 0 Å². The van der Waals surface area contributed by atoms with Crippen molar-refractivity contribution in [2.24, 2.45) is 0 Å². The molecule has 1 amide bonds. The van der Waals surface area contributed by atoms with Crippen LogP contribution in [-0.4, -0.2) is 31.7 Å². The number of nitrogens with one attached hydrogen (secondary N) is 2. The second kappa shape index (κ2) is 8.67. The van der Waals surface area contributed by atoms with Crippen molar-refractivity contribution in [2.45, 2.75) is 12.5 Å². The molecule has 1 unspecified atom stereocenters. The molecule has 1 fully saturated rings. The number of ether oxygens (including phenoxy) is 1. The summed E-state index contributed by atoms with van der Waals surface area (Å²) in [5.41, 5.74) is 3.18. The summed E-state index contributed by atoms with van der Waals surface area (Å²) < 4.78 is 5.50. The molecule has 2 N–H and O–H groups in total. The van der Waals surface area contributed by atoms with Crippen LogP contribution >= 0.6 is 12.4 Å². The molecule has 2 aromatic rings. The topological polar surface area (TPSA) is 50.4 Å². The Kier molecular flexibility index (Phi) is 6.59. The number of hydrogen-bond acceptors (Lipinski definition) is 3. The zero-order valence-corrected chi connectivity index (χ0v) is 13.6. The predicted molar refractivity (Wildman–Crippen MR) is 94.2 cm³/mol. The van der Waals surface area contributed by atoms with Gasteiger partial charge in [0.05, 0.1) is 6.61 Å². The fourth-order valence-electron chi connectivity index (χ4n) is 2.56. The fraction of sp³-hybridized carbons (Fsp3) is 0.278. The molecule has 5 heteroatoms. The highest BCUT2D eigenvalue weighted by Gasteiger charge is 2.22. The Morgan fingerprint density at radius 1 is 1.13 bits per heavy atom. The van der Waals surface area contributed by atoms with E-state index in [1.54, 1.807) is 0 Å². The third-order valence-corrected chi connectivity index (χ3v) is 3.73. The minimum absolute atomic E-state index is 0. The first-order valence-electron chi connectivity index (χ1n) is 7.58. The van der Waals surface area contributed by atoms with Crippen molar-refractivity contribution in [3.8, 4) is 0 Å². The fourth-order valence-corrected chi connectivity index (χ4v) is 2.56. The van der Waals surface area contributed by atoms with E-state index in [1.807, 2.05) is 42.5 Å². The Morgan fingerprint density at radius 2 is 1.87 bits per heavy atom. The molecule has 122 valence electrons. The summed E-state index contributed by atoms with van der Waals surface area (Å²) in [6.45, 7) is 1.94. The molecule has 1 aliphatic heterocycles. The number of para-hydroxylation sites is 1. The van der Waals surface area contributed by atoms with Crippen LogP contribution in [0.15, 0.2) is 54.6 Å². The van der Waals surface area contributed by atoms with Crippen LogP contribution in [0.3, 0.4) is 0 Å². The third-order valence-electron chi connectivity index (χ3n) is 3.73. The number of benzene rings is 2. The average molecular weight is 333 g/mol. The number of carbonyl (C=O) groups is 1. The van der Waals surface area contributed by atoms with Gasteiger partial charge in [-0.25, -0.2) is 0 Å². The highest BCUT2D eigenvalue weighted by atomic mass is 35.5. The molecule has 1 saturated heterocycles. The van der Waals surface area contributed by atoms with Gasteiger partial charge in [-0.1, -0.05) is 48.5 Å². The predicted octanol–water partition coefficient (Wildman–Crippen LogP) is 2.63. The van der Waals surface area contributed by atoms with Gasteiger partial charge in [-0.3, -0.25) is 4.79 Å². The van der Waals surface area contributed by atoms with E-state index >= 15 is 0 Å². The third kappa shape index (κ3) is 4.79. The van der Waals surface area contributed by atoms with Gasteiger partial charge in [0.25, 0.3) is 5.91 Å². The van der Waals surface area contributed by atoms with Gasteiger partial charge >= 0.3 is 0 Å². The number of hydrogen-bond donors (Lipinski definition) is 2. The molecule has 23 heavy (non-hydrogen) atoms. The standard InChI is InChI=1S/C18H20N2O2.ClH/c21-18(17-13-19-10-11-22-17)20-16-9-5-4-8-15(16)12-14-6-2-1-3-7-14;/h1-9,17,19H,10-13H2,(H,20,21);1H. The molecule has 1 heterocycles. The van der Waals surface area contributed by atoms with Crippen LogP contribution in [-0.2, 0) is 16.0 Å². The lowest BCUT2D eigenvalue weighted by molar-refractivity contribution is -0.128. The van der Waals surface area contributed by atoms with Crippen molar-refractivity contribution < 1.29 is 9.53 Å². The van der Waals surface area contributed by atoms with Crippen LogP contribution in [0.5, 0.6) is 0 Å². The first kappa shape index (κ1) is 17.5. The first-order valence-corrected chi connectivity index (χ1v) is 7.58. The second-order valence-corrected chi connectivity index (χ2v) is 5.37. The molecule has 4 nitrogen and oxygen atoms in total. The molecular weight excluding hydrogens is 312 g/mol. The van der Waals surface area contributed by atoms with Gasteiger partial charge in [0.15, 0.2) is 0 Å². The number of rotatable bonds is 4. The van der Waals surface area contributed by atoms with Crippen molar-refractivity contribution in [1.29, 1.82) is 0 Å². The number of amides is 1. The first-order chi connectivity index (χ1) is 10.8. The minimum atomic E-state index is -0.418. The van der Waals surface area contributed by atoms with E-state index in [1.165, 1.54) is 5.56 Å². The maximum Gasteiger partial charge on any atom is 0.254 e. The van der Waals surface area contributed by atoms with Gasteiger partial charge < -0.3 is 15.4 Å². The van der Waals surface area contributed by atoms with E-state index in [0.717, 1.165) is 24.2 Å². The van der Waals surface area contributed by atoms with Gasteiger partial charge in [-0.2, -0.15) is 0 Å². The quantitative estimate of drug-likeness (QED) is 0.905. The normalized spacial score (nSPS) is 17.1. The molecular formula is C18H21ClN2O2. The molecule has 1 atom stereocenters. The van der Waals surface area contributed by atoms with Gasteiger partial charge in [0.1, 0.15) is 6.10 Å². The van der Waals surface area contributed by atoms with E-state index < -0.39 is 6.10 Å². The molecule has 2 aromatic carbocycles. The maximum absolute atomic E-state index is 12.3. The smallest absolute Gasteiger partial charge is 0.254 e. The van der Waals surface area contributed by atoms with Gasteiger partial charge in [0.2, 0.25) is 0 Å². The second-order valence-electron chi connectivity index (χ2n) is 5.37. The number of anilines is 1. The van der Waals surface area contributed by atoms with Gasteiger partial charge in [-0.05, 0) is 23.6 Å². The Morgan fingerprint density at radius 3 is 2.61 bits per heavy atom. The summed E-state index contributed by atoms with van der Waals surface area (Å²) in [4.78, 5) is 12.3.